The average Bonchev–Trinajstić information content (AvgIpc) is 2.56. The molecule has 1 N–H and O–H groups in total. The van der Waals surface area contributed by atoms with Gasteiger partial charge in [0.25, 0.3) is 0 Å². The molecule has 0 aromatic heterocycles. The number of allylic oxidation sites excluding steroid dienone is 13. The van der Waals surface area contributed by atoms with Crippen molar-refractivity contribution in [3.63, 3.8) is 0 Å². The van der Waals surface area contributed by atoms with E-state index in [0.29, 0.717) is 11.5 Å². The lowest BCUT2D eigenvalue weighted by Crippen LogP contribution is -2.32. The predicted octanol–water partition coefficient (Wildman–Crippen LogP) is 6.05. The van der Waals surface area contributed by atoms with E-state index in [9.17, 15) is 9.90 Å². The summed E-state index contributed by atoms with van der Waals surface area (Å²) in [6, 6.07) is 0. The van der Waals surface area contributed by atoms with Gasteiger partial charge in [0.05, 0.1) is 6.10 Å². The first-order chi connectivity index (χ1) is 12.7. The van der Waals surface area contributed by atoms with Gasteiger partial charge in [-0.2, -0.15) is 0 Å². The van der Waals surface area contributed by atoms with E-state index < -0.39 is 0 Å². The minimum atomic E-state index is -0.328. The summed E-state index contributed by atoms with van der Waals surface area (Å²) in [5, 5.41) is 9.95. The molecule has 146 valence electrons. The van der Waals surface area contributed by atoms with Crippen LogP contribution >= 0.6 is 0 Å². The lowest BCUT2D eigenvalue weighted by atomic mass is 9.67. The second kappa shape index (κ2) is 10.8. The monoisotopic (exact) mass is 366 g/mol. The fourth-order valence-corrected chi connectivity index (χ4v) is 3.33. The van der Waals surface area contributed by atoms with E-state index in [0.717, 1.165) is 18.3 Å². The summed E-state index contributed by atoms with van der Waals surface area (Å²) >= 11 is 0. The van der Waals surface area contributed by atoms with Crippen molar-refractivity contribution in [2.24, 2.45) is 11.3 Å². The third-order valence-corrected chi connectivity index (χ3v) is 4.81. The van der Waals surface area contributed by atoms with Crippen molar-refractivity contribution < 1.29 is 9.90 Å². The van der Waals surface area contributed by atoms with Gasteiger partial charge in [0.15, 0.2) is 0 Å². The fourth-order valence-electron chi connectivity index (χ4n) is 3.33. The minimum Gasteiger partial charge on any atom is -0.389 e. The van der Waals surface area contributed by atoms with Gasteiger partial charge in [0.1, 0.15) is 6.29 Å². The number of hydrogen-bond donors (Lipinski definition) is 1. The Balaban J connectivity index is 2.71. The van der Waals surface area contributed by atoms with E-state index in [1.165, 1.54) is 11.1 Å². The Morgan fingerprint density at radius 2 is 1.56 bits per heavy atom. The zero-order valence-electron chi connectivity index (χ0n) is 17.6. The lowest BCUT2D eigenvalue weighted by Gasteiger charge is -2.38. The molecule has 0 aromatic carbocycles. The van der Waals surface area contributed by atoms with Crippen molar-refractivity contribution >= 4 is 6.29 Å². The maximum Gasteiger partial charge on any atom is 0.145 e. The number of aliphatic hydroxyl groups is 1. The smallest absolute Gasteiger partial charge is 0.145 e. The first kappa shape index (κ1) is 22.9. The zero-order valence-corrected chi connectivity index (χ0v) is 17.6. The third kappa shape index (κ3) is 8.36. The van der Waals surface area contributed by atoms with E-state index >= 15 is 0 Å². The molecule has 0 saturated carbocycles. The Kier molecular flexibility index (Phi) is 9.17. The topological polar surface area (TPSA) is 37.3 Å². The summed E-state index contributed by atoms with van der Waals surface area (Å²) in [7, 11) is 0. The van der Waals surface area contributed by atoms with Crippen LogP contribution in [0.25, 0.3) is 0 Å². The van der Waals surface area contributed by atoms with E-state index in [1.54, 1.807) is 13.0 Å². The molecule has 0 spiro atoms. The molecule has 1 aliphatic carbocycles. The van der Waals surface area contributed by atoms with E-state index in [-0.39, 0.29) is 11.5 Å². The van der Waals surface area contributed by atoms with Gasteiger partial charge in [-0.15, -0.1) is 0 Å². The SMILES string of the molecule is CC(C=O)=CC=CC=C(C)C=CC=C(C)C=CC1C(C)=CC(O)CC1(C)C. The highest BCUT2D eigenvalue weighted by Crippen LogP contribution is 2.41. The zero-order chi connectivity index (χ0) is 20.4. The normalized spacial score (nSPS) is 24.9. The molecule has 0 aromatic rings. The number of hydrogen-bond acceptors (Lipinski definition) is 2. The maximum atomic E-state index is 10.5. The summed E-state index contributed by atoms with van der Waals surface area (Å²) in [5.41, 5.74) is 4.33. The summed E-state index contributed by atoms with van der Waals surface area (Å²) in [5.74, 6) is 0.350. The predicted molar refractivity (Wildman–Crippen MR) is 116 cm³/mol. The van der Waals surface area contributed by atoms with Gasteiger partial charge < -0.3 is 5.11 Å². The second-order valence-corrected chi connectivity index (χ2v) is 8.10. The van der Waals surface area contributed by atoms with Crippen LogP contribution < -0.4 is 0 Å². The largest absolute Gasteiger partial charge is 0.389 e. The molecule has 2 unspecified atom stereocenters. The molecule has 2 nitrogen and oxygen atoms in total. The van der Waals surface area contributed by atoms with E-state index in [2.05, 4.69) is 52.0 Å². The molecule has 0 saturated heterocycles. The van der Waals surface area contributed by atoms with Crippen LogP contribution in [0.1, 0.15) is 48.0 Å². The highest BCUT2D eigenvalue weighted by Gasteiger charge is 2.34. The molecule has 1 rings (SSSR count). The molecule has 27 heavy (non-hydrogen) atoms. The average molecular weight is 367 g/mol. The molecular weight excluding hydrogens is 332 g/mol. The number of rotatable bonds is 7. The van der Waals surface area contributed by atoms with Crippen LogP contribution in [0, 0.1) is 11.3 Å². The molecule has 2 atom stereocenters. The molecular formula is C25H34O2. The van der Waals surface area contributed by atoms with Crippen molar-refractivity contribution in [2.75, 3.05) is 0 Å². The van der Waals surface area contributed by atoms with Crippen LogP contribution in [-0.4, -0.2) is 17.5 Å². The Labute approximate surface area is 165 Å². The number of carbonyl (C=O) groups is 1. The summed E-state index contributed by atoms with van der Waals surface area (Å²) in [6.07, 6.45) is 21.5. The standard InChI is InChI=1S/C25H34O2/c1-19(10-7-8-11-21(3)18-26)12-9-13-20(2)14-15-24-22(4)16-23(27)17-25(24,5)6/h7-16,18,23-24,27H,17H2,1-6H3. The van der Waals surface area contributed by atoms with E-state index in [1.807, 2.05) is 37.3 Å². The van der Waals surface area contributed by atoms with Crippen LogP contribution in [0.5, 0.6) is 0 Å². The number of aliphatic hydroxyl groups excluding tert-OH is 1. The van der Waals surface area contributed by atoms with Crippen LogP contribution in [0.3, 0.4) is 0 Å². The second-order valence-electron chi connectivity index (χ2n) is 8.10. The molecule has 1 aliphatic rings. The van der Waals surface area contributed by atoms with Gasteiger partial charge in [-0.1, -0.05) is 91.3 Å². The molecule has 0 amide bonds. The Morgan fingerprint density at radius 3 is 2.15 bits per heavy atom. The van der Waals surface area contributed by atoms with Gasteiger partial charge >= 0.3 is 0 Å². The Hall–Kier alpha value is -2.19. The van der Waals surface area contributed by atoms with Crippen molar-refractivity contribution in [3.8, 4) is 0 Å². The minimum absolute atomic E-state index is 0.0627. The molecule has 0 radical (unpaired) electrons. The number of carbonyl (C=O) groups excluding carboxylic acids is 1. The van der Waals surface area contributed by atoms with Crippen LogP contribution in [0.4, 0.5) is 0 Å². The van der Waals surface area contributed by atoms with E-state index in [4.69, 9.17) is 0 Å². The molecule has 2 heteroatoms. The lowest BCUT2D eigenvalue weighted by molar-refractivity contribution is -0.104. The first-order valence-corrected chi connectivity index (χ1v) is 9.52. The Bertz CT molecular complexity index is 721. The van der Waals surface area contributed by atoms with Gasteiger partial charge in [-0.3, -0.25) is 4.79 Å². The van der Waals surface area contributed by atoms with Gasteiger partial charge in [0.2, 0.25) is 0 Å². The maximum absolute atomic E-state index is 10.5. The van der Waals surface area contributed by atoms with Gasteiger partial charge in [0, 0.05) is 5.92 Å². The van der Waals surface area contributed by atoms with Crippen molar-refractivity contribution in [3.05, 3.63) is 83.1 Å². The highest BCUT2D eigenvalue weighted by molar-refractivity contribution is 5.72. The first-order valence-electron chi connectivity index (χ1n) is 9.52. The van der Waals surface area contributed by atoms with Crippen molar-refractivity contribution in [1.82, 2.24) is 0 Å². The van der Waals surface area contributed by atoms with Crippen molar-refractivity contribution in [2.45, 2.75) is 54.1 Å². The molecule has 0 aliphatic heterocycles. The van der Waals surface area contributed by atoms with Crippen LogP contribution in [0.2, 0.25) is 0 Å². The Morgan fingerprint density at radius 1 is 1.00 bits per heavy atom. The van der Waals surface area contributed by atoms with Crippen molar-refractivity contribution in [1.29, 1.82) is 0 Å². The summed E-state index contributed by atoms with van der Waals surface area (Å²) in [6.45, 7) is 12.5. The number of aldehydes is 1. The van der Waals surface area contributed by atoms with Crippen LogP contribution in [0.15, 0.2) is 83.1 Å². The molecule has 0 fully saturated rings. The summed E-state index contributed by atoms with van der Waals surface area (Å²) in [4.78, 5) is 10.5. The molecule has 0 heterocycles. The van der Waals surface area contributed by atoms with Gasteiger partial charge in [-0.25, -0.2) is 0 Å². The van der Waals surface area contributed by atoms with Crippen LogP contribution in [-0.2, 0) is 4.79 Å². The fraction of sp³-hybridized carbons (Fsp3) is 0.400. The van der Waals surface area contributed by atoms with Gasteiger partial charge in [-0.05, 0) is 45.1 Å². The molecule has 0 bridgehead atoms. The summed E-state index contributed by atoms with van der Waals surface area (Å²) < 4.78 is 0. The highest BCUT2D eigenvalue weighted by atomic mass is 16.3. The third-order valence-electron chi connectivity index (χ3n) is 4.81. The quantitative estimate of drug-likeness (QED) is 0.258.